The van der Waals surface area contributed by atoms with Crippen LogP contribution in [-0.4, -0.2) is 37.6 Å². The van der Waals surface area contributed by atoms with Gasteiger partial charge in [0.15, 0.2) is 11.5 Å². The standard InChI is InChI=1S/C26H26N4O3/c1-32-23-13-12-20(16-24(23)33-2)29-26(30-25(31)18-8-4-3-5-9-18)27-15-14-19-17-28-22-11-7-6-10-21(19)22/h3-13,16-17,28H,14-15H2,1-2H3,(H2,27,29,30,31). The first-order chi connectivity index (χ1) is 16.2. The number of aliphatic imine (C=N–C) groups is 1. The van der Waals surface area contributed by atoms with Crippen LogP contribution < -0.4 is 20.1 Å². The van der Waals surface area contributed by atoms with E-state index < -0.39 is 0 Å². The van der Waals surface area contributed by atoms with Gasteiger partial charge in [0.25, 0.3) is 5.91 Å². The van der Waals surface area contributed by atoms with Gasteiger partial charge >= 0.3 is 0 Å². The smallest absolute Gasteiger partial charge is 0.257 e. The number of hydrogen-bond acceptors (Lipinski definition) is 4. The van der Waals surface area contributed by atoms with E-state index in [0.717, 1.165) is 11.9 Å². The SMILES string of the molecule is COc1ccc(NC(=NCCc2c[nH]c3ccccc23)NC(=O)c2ccccc2)cc1OC. The molecule has 0 fully saturated rings. The van der Waals surface area contributed by atoms with E-state index in [0.29, 0.717) is 35.3 Å². The van der Waals surface area contributed by atoms with Gasteiger partial charge in [-0.2, -0.15) is 0 Å². The predicted molar refractivity (Wildman–Crippen MR) is 131 cm³/mol. The van der Waals surface area contributed by atoms with Crippen molar-refractivity contribution in [3.05, 3.63) is 90.1 Å². The molecule has 0 unspecified atom stereocenters. The van der Waals surface area contributed by atoms with Crippen molar-refractivity contribution in [3.8, 4) is 11.5 Å². The Balaban J connectivity index is 1.54. The highest BCUT2D eigenvalue weighted by molar-refractivity contribution is 6.10. The van der Waals surface area contributed by atoms with Crippen molar-refractivity contribution in [2.45, 2.75) is 6.42 Å². The number of H-pyrrole nitrogens is 1. The normalized spacial score (nSPS) is 11.3. The number of carbonyl (C=O) groups excluding carboxylic acids is 1. The fraction of sp³-hybridized carbons (Fsp3) is 0.154. The number of hydrogen-bond donors (Lipinski definition) is 3. The second kappa shape index (κ2) is 10.4. The number of methoxy groups -OCH3 is 2. The number of ether oxygens (including phenoxy) is 2. The van der Waals surface area contributed by atoms with Gasteiger partial charge in [-0.1, -0.05) is 36.4 Å². The van der Waals surface area contributed by atoms with Crippen molar-refractivity contribution in [2.24, 2.45) is 4.99 Å². The van der Waals surface area contributed by atoms with Gasteiger partial charge in [-0.15, -0.1) is 0 Å². The summed E-state index contributed by atoms with van der Waals surface area (Å²) in [6.45, 7) is 0.493. The molecule has 4 rings (SSSR count). The van der Waals surface area contributed by atoms with Crippen molar-refractivity contribution < 1.29 is 14.3 Å². The van der Waals surface area contributed by atoms with Gasteiger partial charge in [-0.05, 0) is 42.3 Å². The molecule has 0 atom stereocenters. The van der Waals surface area contributed by atoms with Crippen LogP contribution in [-0.2, 0) is 6.42 Å². The van der Waals surface area contributed by atoms with E-state index in [-0.39, 0.29) is 5.91 Å². The number of amides is 1. The van der Waals surface area contributed by atoms with Gasteiger partial charge in [0, 0.05) is 41.0 Å². The molecule has 7 nitrogen and oxygen atoms in total. The van der Waals surface area contributed by atoms with Crippen LogP contribution in [0.15, 0.2) is 84.0 Å². The van der Waals surface area contributed by atoms with Crippen molar-refractivity contribution in [1.29, 1.82) is 0 Å². The Hall–Kier alpha value is -4.26. The number of aromatic nitrogens is 1. The number of nitrogens with one attached hydrogen (secondary N) is 3. The van der Waals surface area contributed by atoms with Gasteiger partial charge in [-0.3, -0.25) is 15.1 Å². The Morgan fingerprint density at radius 2 is 1.70 bits per heavy atom. The van der Waals surface area contributed by atoms with Gasteiger partial charge in [0.05, 0.1) is 14.2 Å². The van der Waals surface area contributed by atoms with E-state index >= 15 is 0 Å². The molecule has 33 heavy (non-hydrogen) atoms. The molecule has 1 aromatic heterocycles. The Kier molecular flexibility index (Phi) is 6.90. The van der Waals surface area contributed by atoms with Crippen LogP contribution in [0.2, 0.25) is 0 Å². The summed E-state index contributed by atoms with van der Waals surface area (Å²) in [6, 6.07) is 22.6. The number of guanidine groups is 1. The molecule has 0 radical (unpaired) electrons. The summed E-state index contributed by atoms with van der Waals surface area (Å²) in [5.41, 5.74) is 3.54. The molecule has 1 amide bonds. The first-order valence-electron chi connectivity index (χ1n) is 10.6. The Labute approximate surface area is 192 Å². The first-order valence-corrected chi connectivity index (χ1v) is 10.6. The zero-order chi connectivity index (χ0) is 23.0. The summed E-state index contributed by atoms with van der Waals surface area (Å²) in [6.07, 6.45) is 2.73. The molecule has 0 saturated heterocycles. The van der Waals surface area contributed by atoms with Gasteiger partial charge < -0.3 is 19.8 Å². The van der Waals surface area contributed by atoms with E-state index in [9.17, 15) is 4.79 Å². The van der Waals surface area contributed by atoms with Crippen molar-refractivity contribution >= 4 is 28.5 Å². The number of rotatable bonds is 7. The molecule has 0 aliphatic heterocycles. The van der Waals surface area contributed by atoms with E-state index in [4.69, 9.17) is 9.47 Å². The number of carbonyl (C=O) groups is 1. The molecule has 3 aromatic carbocycles. The van der Waals surface area contributed by atoms with Crippen molar-refractivity contribution in [3.63, 3.8) is 0 Å². The summed E-state index contributed by atoms with van der Waals surface area (Å²) < 4.78 is 10.7. The topological polar surface area (TPSA) is 87.7 Å². The number of benzene rings is 3. The zero-order valence-electron chi connectivity index (χ0n) is 18.6. The molecule has 0 spiro atoms. The van der Waals surface area contributed by atoms with E-state index in [1.54, 1.807) is 38.5 Å². The average Bonchev–Trinajstić information content (AvgIpc) is 3.27. The summed E-state index contributed by atoms with van der Waals surface area (Å²) in [4.78, 5) is 20.7. The quantitative estimate of drug-likeness (QED) is 0.288. The minimum absolute atomic E-state index is 0.241. The maximum Gasteiger partial charge on any atom is 0.257 e. The predicted octanol–water partition coefficient (Wildman–Crippen LogP) is 4.63. The molecule has 0 bridgehead atoms. The van der Waals surface area contributed by atoms with Crippen LogP contribution in [0.3, 0.4) is 0 Å². The maximum absolute atomic E-state index is 12.8. The molecule has 1 heterocycles. The third kappa shape index (κ3) is 5.33. The zero-order valence-corrected chi connectivity index (χ0v) is 18.6. The van der Waals surface area contributed by atoms with Crippen LogP contribution in [0.1, 0.15) is 15.9 Å². The van der Waals surface area contributed by atoms with E-state index in [2.05, 4.69) is 26.7 Å². The van der Waals surface area contributed by atoms with Crippen LogP contribution in [0.5, 0.6) is 11.5 Å². The molecule has 0 aliphatic carbocycles. The van der Waals surface area contributed by atoms with Crippen LogP contribution >= 0.6 is 0 Å². The molecular formula is C26H26N4O3. The third-order valence-corrected chi connectivity index (χ3v) is 5.24. The fourth-order valence-corrected chi connectivity index (χ4v) is 3.56. The Morgan fingerprint density at radius 3 is 2.48 bits per heavy atom. The van der Waals surface area contributed by atoms with Crippen molar-refractivity contribution in [1.82, 2.24) is 10.3 Å². The Morgan fingerprint density at radius 1 is 0.939 bits per heavy atom. The molecule has 7 heteroatoms. The van der Waals surface area contributed by atoms with Gasteiger partial charge in [0.2, 0.25) is 5.96 Å². The summed E-state index contributed by atoms with van der Waals surface area (Å²) in [5.74, 6) is 1.31. The lowest BCUT2D eigenvalue weighted by molar-refractivity contribution is 0.0977. The van der Waals surface area contributed by atoms with Crippen LogP contribution in [0.4, 0.5) is 5.69 Å². The van der Waals surface area contributed by atoms with E-state index in [1.807, 2.05) is 48.7 Å². The highest BCUT2D eigenvalue weighted by Crippen LogP contribution is 2.29. The molecule has 0 aliphatic rings. The molecular weight excluding hydrogens is 416 g/mol. The van der Waals surface area contributed by atoms with Gasteiger partial charge in [0.1, 0.15) is 0 Å². The first kappa shape index (κ1) is 22.0. The lowest BCUT2D eigenvalue weighted by Gasteiger charge is -2.14. The largest absolute Gasteiger partial charge is 0.493 e. The van der Waals surface area contributed by atoms with Gasteiger partial charge in [-0.25, -0.2) is 0 Å². The number of fused-ring (bicyclic) bond motifs is 1. The summed E-state index contributed by atoms with van der Waals surface area (Å²) in [5, 5.41) is 7.26. The van der Waals surface area contributed by atoms with Crippen LogP contribution in [0.25, 0.3) is 10.9 Å². The highest BCUT2D eigenvalue weighted by Gasteiger charge is 2.11. The average molecular weight is 443 g/mol. The molecule has 168 valence electrons. The monoisotopic (exact) mass is 442 g/mol. The summed E-state index contributed by atoms with van der Waals surface area (Å²) in [7, 11) is 3.16. The van der Waals surface area contributed by atoms with E-state index in [1.165, 1.54) is 10.9 Å². The minimum atomic E-state index is -0.241. The molecule has 3 N–H and O–H groups in total. The number of anilines is 1. The second-order valence-corrected chi connectivity index (χ2v) is 7.35. The second-order valence-electron chi connectivity index (χ2n) is 7.35. The maximum atomic E-state index is 12.8. The van der Waals surface area contributed by atoms with Crippen LogP contribution in [0, 0.1) is 0 Å². The number of aromatic amines is 1. The summed E-state index contributed by atoms with van der Waals surface area (Å²) >= 11 is 0. The molecule has 4 aromatic rings. The highest BCUT2D eigenvalue weighted by atomic mass is 16.5. The third-order valence-electron chi connectivity index (χ3n) is 5.24. The molecule has 0 saturated carbocycles. The van der Waals surface area contributed by atoms with Crippen molar-refractivity contribution in [2.75, 3.05) is 26.1 Å². The fourth-order valence-electron chi connectivity index (χ4n) is 3.56. The Bertz CT molecular complexity index is 1270. The lowest BCUT2D eigenvalue weighted by atomic mass is 10.1. The lowest BCUT2D eigenvalue weighted by Crippen LogP contribution is -2.36. The number of para-hydroxylation sites is 1. The number of nitrogens with zero attached hydrogens (tertiary/aromatic N) is 1. The minimum Gasteiger partial charge on any atom is -0.493 e.